The summed E-state index contributed by atoms with van der Waals surface area (Å²) < 4.78 is 19.3. The zero-order valence-corrected chi connectivity index (χ0v) is 17.5. The Morgan fingerprint density at radius 1 is 1.20 bits per heavy atom. The number of carbonyl (C=O) groups excluding carboxylic acids is 1. The van der Waals surface area contributed by atoms with Gasteiger partial charge in [0.25, 0.3) is 0 Å². The zero-order valence-electron chi connectivity index (χ0n) is 17.5. The molecular formula is C24H30FN3O2. The van der Waals surface area contributed by atoms with Crippen LogP contribution in [-0.2, 0) is 6.42 Å². The maximum atomic E-state index is 14.1. The number of halogens is 1. The zero-order chi connectivity index (χ0) is 21.0. The van der Waals surface area contributed by atoms with Crippen LogP contribution in [0.1, 0.15) is 37.7 Å². The van der Waals surface area contributed by atoms with Crippen LogP contribution in [0.25, 0.3) is 0 Å². The second kappa shape index (κ2) is 9.04. The molecule has 2 N–H and O–H groups in total. The highest BCUT2D eigenvalue weighted by Gasteiger charge is 2.42. The van der Waals surface area contributed by atoms with Crippen molar-refractivity contribution in [2.24, 2.45) is 0 Å². The number of hydrogen-bond acceptors (Lipinski definition) is 3. The summed E-state index contributed by atoms with van der Waals surface area (Å²) in [5.74, 6) is 0.581. The van der Waals surface area contributed by atoms with Crippen LogP contribution in [0.2, 0.25) is 0 Å². The fraction of sp³-hybridized carbons (Fsp3) is 0.458. The predicted molar refractivity (Wildman–Crippen MR) is 116 cm³/mol. The minimum Gasteiger partial charge on any atom is -0.497 e. The highest BCUT2D eigenvalue weighted by molar-refractivity contribution is 5.90. The van der Waals surface area contributed by atoms with E-state index in [9.17, 15) is 9.18 Å². The lowest BCUT2D eigenvalue weighted by atomic mass is 9.76. The second-order valence-corrected chi connectivity index (χ2v) is 8.51. The van der Waals surface area contributed by atoms with E-state index in [1.165, 1.54) is 6.07 Å². The fourth-order valence-electron chi connectivity index (χ4n) is 4.67. The number of carbonyl (C=O) groups is 1. The van der Waals surface area contributed by atoms with E-state index in [1.54, 1.807) is 19.2 Å². The first-order chi connectivity index (χ1) is 14.6. The van der Waals surface area contributed by atoms with Crippen LogP contribution >= 0.6 is 0 Å². The van der Waals surface area contributed by atoms with Crippen molar-refractivity contribution in [3.8, 4) is 5.75 Å². The average Bonchev–Trinajstić information content (AvgIpc) is 3.14. The van der Waals surface area contributed by atoms with Crippen LogP contribution < -0.4 is 15.4 Å². The van der Waals surface area contributed by atoms with Crippen molar-refractivity contribution in [3.63, 3.8) is 0 Å². The first kappa shape index (κ1) is 20.7. The number of anilines is 1. The Bertz CT molecular complexity index is 884. The first-order valence-corrected chi connectivity index (χ1v) is 10.8. The Morgan fingerprint density at radius 2 is 2.03 bits per heavy atom. The minimum atomic E-state index is -0.208. The molecule has 6 heteroatoms. The van der Waals surface area contributed by atoms with E-state index in [1.807, 2.05) is 30.3 Å². The molecule has 1 unspecified atom stereocenters. The molecule has 1 saturated heterocycles. The lowest BCUT2D eigenvalue weighted by Crippen LogP contribution is -2.61. The SMILES string of the molecule is COc1cccc(NC(=O)NC2(CN3CCCC3Cc3ccccc3F)CCC2)c1. The Hall–Kier alpha value is -2.60. The van der Waals surface area contributed by atoms with Crippen molar-refractivity contribution >= 4 is 11.7 Å². The van der Waals surface area contributed by atoms with Crippen molar-refractivity contribution in [2.45, 2.75) is 50.1 Å². The average molecular weight is 412 g/mol. The van der Waals surface area contributed by atoms with Gasteiger partial charge in [0.2, 0.25) is 0 Å². The minimum absolute atomic E-state index is 0.126. The number of hydrogen-bond donors (Lipinski definition) is 2. The molecule has 1 heterocycles. The van der Waals surface area contributed by atoms with Crippen molar-refractivity contribution in [2.75, 3.05) is 25.5 Å². The fourth-order valence-corrected chi connectivity index (χ4v) is 4.67. The normalized spacial score (nSPS) is 20.4. The van der Waals surface area contributed by atoms with Crippen molar-refractivity contribution in [1.29, 1.82) is 0 Å². The van der Waals surface area contributed by atoms with Gasteiger partial charge in [-0.15, -0.1) is 0 Å². The maximum absolute atomic E-state index is 14.1. The number of ether oxygens (including phenoxy) is 1. The Balaban J connectivity index is 1.38. The third kappa shape index (κ3) is 4.75. The molecule has 30 heavy (non-hydrogen) atoms. The van der Waals surface area contributed by atoms with Crippen LogP contribution in [0.5, 0.6) is 5.75 Å². The van der Waals surface area contributed by atoms with Crippen LogP contribution in [0.15, 0.2) is 48.5 Å². The number of benzene rings is 2. The number of rotatable bonds is 7. The molecule has 2 aromatic rings. The lowest BCUT2D eigenvalue weighted by molar-refractivity contribution is 0.109. The summed E-state index contributed by atoms with van der Waals surface area (Å²) in [6.07, 6.45) is 5.97. The maximum Gasteiger partial charge on any atom is 0.319 e. The molecule has 2 fully saturated rings. The molecule has 4 rings (SSSR count). The Labute approximate surface area is 177 Å². The predicted octanol–water partition coefficient (Wildman–Crippen LogP) is 4.59. The van der Waals surface area contributed by atoms with Crippen molar-refractivity contribution in [3.05, 3.63) is 59.9 Å². The lowest BCUT2D eigenvalue weighted by Gasteiger charge is -2.46. The topological polar surface area (TPSA) is 53.6 Å². The van der Waals surface area contributed by atoms with Crippen LogP contribution in [0.4, 0.5) is 14.9 Å². The van der Waals surface area contributed by atoms with Gasteiger partial charge in [-0.1, -0.05) is 24.3 Å². The van der Waals surface area contributed by atoms with Gasteiger partial charge in [-0.05, 0) is 68.8 Å². The monoisotopic (exact) mass is 411 g/mol. The molecule has 1 aliphatic heterocycles. The molecular weight excluding hydrogens is 381 g/mol. The third-order valence-electron chi connectivity index (χ3n) is 6.44. The number of methoxy groups -OCH3 is 1. The van der Waals surface area contributed by atoms with Crippen LogP contribution in [0.3, 0.4) is 0 Å². The van der Waals surface area contributed by atoms with Gasteiger partial charge < -0.3 is 15.4 Å². The highest BCUT2D eigenvalue weighted by atomic mass is 19.1. The van der Waals surface area contributed by atoms with Gasteiger partial charge in [-0.3, -0.25) is 4.90 Å². The molecule has 160 valence electrons. The Morgan fingerprint density at radius 3 is 2.77 bits per heavy atom. The number of nitrogens with one attached hydrogen (secondary N) is 2. The molecule has 2 aliphatic rings. The van der Waals surface area contributed by atoms with E-state index in [4.69, 9.17) is 4.74 Å². The smallest absolute Gasteiger partial charge is 0.319 e. The van der Waals surface area contributed by atoms with Crippen LogP contribution in [0, 0.1) is 5.82 Å². The summed E-state index contributed by atoms with van der Waals surface area (Å²) in [6.45, 7) is 1.82. The van der Waals surface area contributed by atoms with Crippen molar-refractivity contribution < 1.29 is 13.9 Å². The molecule has 2 aromatic carbocycles. The molecule has 0 spiro atoms. The second-order valence-electron chi connectivity index (χ2n) is 8.51. The van der Waals surface area contributed by atoms with E-state index in [2.05, 4.69) is 15.5 Å². The molecule has 1 aliphatic carbocycles. The highest BCUT2D eigenvalue weighted by Crippen LogP contribution is 2.35. The van der Waals surface area contributed by atoms with Gasteiger partial charge >= 0.3 is 6.03 Å². The van der Waals surface area contributed by atoms with E-state index in [0.717, 1.165) is 57.2 Å². The quantitative estimate of drug-likeness (QED) is 0.701. The molecule has 0 bridgehead atoms. The Kier molecular flexibility index (Phi) is 6.23. The van der Waals surface area contributed by atoms with Gasteiger partial charge in [0.05, 0.1) is 12.6 Å². The molecule has 5 nitrogen and oxygen atoms in total. The van der Waals surface area contributed by atoms with Gasteiger partial charge in [-0.2, -0.15) is 0 Å². The molecule has 0 radical (unpaired) electrons. The van der Waals surface area contributed by atoms with E-state index < -0.39 is 0 Å². The third-order valence-corrected chi connectivity index (χ3v) is 6.44. The summed E-state index contributed by atoms with van der Waals surface area (Å²) >= 11 is 0. The van der Waals surface area contributed by atoms with E-state index >= 15 is 0 Å². The van der Waals surface area contributed by atoms with E-state index in [-0.39, 0.29) is 17.4 Å². The van der Waals surface area contributed by atoms with Gasteiger partial charge in [0.15, 0.2) is 0 Å². The number of urea groups is 1. The van der Waals surface area contributed by atoms with Crippen molar-refractivity contribution in [1.82, 2.24) is 10.2 Å². The molecule has 0 aromatic heterocycles. The standard InChI is InChI=1S/C24H30FN3O2/c1-30-21-10-4-8-19(16-21)26-23(29)27-24(12-6-13-24)17-28-14-5-9-20(28)15-18-7-2-3-11-22(18)25/h2-4,7-8,10-11,16,20H,5-6,9,12-15,17H2,1H3,(H2,26,27,29). The molecule has 1 saturated carbocycles. The summed E-state index contributed by atoms with van der Waals surface area (Å²) in [5.41, 5.74) is 1.28. The number of nitrogens with zero attached hydrogens (tertiary/aromatic N) is 1. The summed E-state index contributed by atoms with van der Waals surface area (Å²) in [4.78, 5) is 15.1. The number of amides is 2. The largest absolute Gasteiger partial charge is 0.497 e. The van der Waals surface area contributed by atoms with Gasteiger partial charge in [-0.25, -0.2) is 9.18 Å². The van der Waals surface area contributed by atoms with Gasteiger partial charge in [0.1, 0.15) is 11.6 Å². The molecule has 1 atom stereocenters. The van der Waals surface area contributed by atoms with Gasteiger partial charge in [0, 0.05) is 24.3 Å². The first-order valence-electron chi connectivity index (χ1n) is 10.8. The molecule has 2 amide bonds. The summed E-state index contributed by atoms with van der Waals surface area (Å²) in [6, 6.07) is 14.5. The number of likely N-dealkylation sites (tertiary alicyclic amines) is 1. The van der Waals surface area contributed by atoms with E-state index in [0.29, 0.717) is 17.5 Å². The van der Waals surface area contributed by atoms with Crippen LogP contribution in [-0.4, -0.2) is 42.7 Å². The summed E-state index contributed by atoms with van der Waals surface area (Å²) in [5, 5.41) is 6.16. The summed E-state index contributed by atoms with van der Waals surface area (Å²) in [7, 11) is 1.61.